The molecular formula is C7H19N3. The molecule has 0 aliphatic heterocycles. The standard InChI is InChI=1S/C7H19N3/c1-3-10(4-2)7(9)5-6-8/h7H,3-6,8-9H2,1-2H3. The molecule has 0 heterocycles. The normalized spacial score (nSPS) is 14.1. The van der Waals surface area contributed by atoms with Crippen molar-refractivity contribution in [2.75, 3.05) is 19.6 Å². The lowest BCUT2D eigenvalue weighted by Crippen LogP contribution is -2.42. The number of hydrogen-bond donors (Lipinski definition) is 2. The SMILES string of the molecule is CCN(CC)C(N)CCN. The fourth-order valence-corrected chi connectivity index (χ4v) is 1.05. The molecule has 10 heavy (non-hydrogen) atoms. The van der Waals surface area contributed by atoms with Crippen molar-refractivity contribution >= 4 is 0 Å². The van der Waals surface area contributed by atoms with Gasteiger partial charge in [-0.2, -0.15) is 0 Å². The Bertz CT molecular complexity index is 71.3. The van der Waals surface area contributed by atoms with Crippen molar-refractivity contribution in [3.8, 4) is 0 Å². The third-order valence-electron chi connectivity index (χ3n) is 1.74. The van der Waals surface area contributed by atoms with Crippen molar-refractivity contribution in [3.05, 3.63) is 0 Å². The molecule has 3 heteroatoms. The topological polar surface area (TPSA) is 55.3 Å². The molecule has 0 saturated heterocycles. The fraction of sp³-hybridized carbons (Fsp3) is 1.00. The molecule has 3 nitrogen and oxygen atoms in total. The van der Waals surface area contributed by atoms with Crippen molar-refractivity contribution in [1.82, 2.24) is 4.90 Å². The molecule has 1 unspecified atom stereocenters. The summed E-state index contributed by atoms with van der Waals surface area (Å²) < 4.78 is 0. The zero-order chi connectivity index (χ0) is 7.98. The Kier molecular flexibility index (Phi) is 5.58. The molecule has 0 amide bonds. The van der Waals surface area contributed by atoms with Crippen LogP contribution in [0.5, 0.6) is 0 Å². The highest BCUT2D eigenvalue weighted by Gasteiger charge is 2.07. The molecule has 4 N–H and O–H groups in total. The van der Waals surface area contributed by atoms with E-state index in [-0.39, 0.29) is 6.17 Å². The molecule has 0 radical (unpaired) electrons. The lowest BCUT2D eigenvalue weighted by molar-refractivity contribution is 0.213. The molecule has 0 aromatic heterocycles. The number of hydrogen-bond acceptors (Lipinski definition) is 3. The van der Waals surface area contributed by atoms with Crippen LogP contribution in [0.1, 0.15) is 20.3 Å². The van der Waals surface area contributed by atoms with Crippen LogP contribution in [0, 0.1) is 0 Å². The summed E-state index contributed by atoms with van der Waals surface area (Å²) in [5.74, 6) is 0. The Balaban J connectivity index is 3.53. The molecule has 1 atom stereocenters. The summed E-state index contributed by atoms with van der Waals surface area (Å²) in [4.78, 5) is 2.20. The van der Waals surface area contributed by atoms with Crippen molar-refractivity contribution < 1.29 is 0 Å². The van der Waals surface area contributed by atoms with Crippen LogP contribution in [-0.4, -0.2) is 30.7 Å². The summed E-state index contributed by atoms with van der Waals surface area (Å²) in [6.07, 6.45) is 1.04. The smallest absolute Gasteiger partial charge is 0.0583 e. The molecule has 0 spiro atoms. The van der Waals surface area contributed by atoms with Gasteiger partial charge in [0.05, 0.1) is 6.17 Å². The Morgan fingerprint density at radius 2 is 1.80 bits per heavy atom. The van der Waals surface area contributed by atoms with Gasteiger partial charge in [-0.3, -0.25) is 4.90 Å². The van der Waals surface area contributed by atoms with Crippen LogP contribution in [0.3, 0.4) is 0 Å². The van der Waals surface area contributed by atoms with E-state index in [9.17, 15) is 0 Å². The van der Waals surface area contributed by atoms with Gasteiger partial charge in [0.25, 0.3) is 0 Å². The van der Waals surface area contributed by atoms with Crippen LogP contribution in [0.4, 0.5) is 0 Å². The number of nitrogens with two attached hydrogens (primary N) is 2. The molecule has 0 aliphatic rings. The molecule has 0 rings (SSSR count). The van der Waals surface area contributed by atoms with Crippen molar-refractivity contribution in [3.63, 3.8) is 0 Å². The van der Waals surface area contributed by atoms with Gasteiger partial charge in [0, 0.05) is 0 Å². The fourth-order valence-electron chi connectivity index (χ4n) is 1.05. The van der Waals surface area contributed by atoms with E-state index >= 15 is 0 Å². The zero-order valence-electron chi connectivity index (χ0n) is 7.01. The molecule has 0 aliphatic carbocycles. The van der Waals surface area contributed by atoms with Crippen molar-refractivity contribution in [1.29, 1.82) is 0 Å². The van der Waals surface area contributed by atoms with Crippen LogP contribution in [0.15, 0.2) is 0 Å². The quantitative estimate of drug-likeness (QED) is 0.534. The highest BCUT2D eigenvalue weighted by atomic mass is 15.2. The van der Waals surface area contributed by atoms with Crippen LogP contribution < -0.4 is 11.5 Å². The highest BCUT2D eigenvalue weighted by Crippen LogP contribution is 1.94. The Hall–Kier alpha value is -0.120. The molecule has 0 aromatic rings. The second-order valence-corrected chi connectivity index (χ2v) is 2.37. The van der Waals surface area contributed by atoms with Crippen LogP contribution in [0.25, 0.3) is 0 Å². The van der Waals surface area contributed by atoms with E-state index in [0.717, 1.165) is 19.5 Å². The van der Waals surface area contributed by atoms with Gasteiger partial charge in [-0.15, -0.1) is 0 Å². The Labute approximate surface area is 63.4 Å². The van der Waals surface area contributed by atoms with Crippen molar-refractivity contribution in [2.24, 2.45) is 11.5 Å². The van der Waals surface area contributed by atoms with E-state index in [0.29, 0.717) is 6.54 Å². The lowest BCUT2D eigenvalue weighted by atomic mass is 10.3. The summed E-state index contributed by atoms with van der Waals surface area (Å²) in [7, 11) is 0. The first kappa shape index (κ1) is 9.88. The maximum Gasteiger partial charge on any atom is 0.0583 e. The van der Waals surface area contributed by atoms with Gasteiger partial charge in [0.1, 0.15) is 0 Å². The van der Waals surface area contributed by atoms with E-state index in [1.807, 2.05) is 0 Å². The van der Waals surface area contributed by atoms with Gasteiger partial charge < -0.3 is 11.5 Å². The largest absolute Gasteiger partial charge is 0.330 e. The van der Waals surface area contributed by atoms with Gasteiger partial charge in [-0.25, -0.2) is 0 Å². The van der Waals surface area contributed by atoms with Gasteiger partial charge in [0.15, 0.2) is 0 Å². The first-order chi connectivity index (χ1) is 4.76. The van der Waals surface area contributed by atoms with E-state index in [1.165, 1.54) is 0 Å². The van der Waals surface area contributed by atoms with Crippen LogP contribution >= 0.6 is 0 Å². The minimum absolute atomic E-state index is 0.153. The average Bonchev–Trinajstić information content (AvgIpc) is 1.91. The van der Waals surface area contributed by atoms with Crippen LogP contribution in [-0.2, 0) is 0 Å². The maximum atomic E-state index is 5.80. The van der Waals surface area contributed by atoms with Crippen molar-refractivity contribution in [2.45, 2.75) is 26.4 Å². The maximum absolute atomic E-state index is 5.80. The number of nitrogens with zero attached hydrogens (tertiary/aromatic N) is 1. The lowest BCUT2D eigenvalue weighted by Gasteiger charge is -2.25. The van der Waals surface area contributed by atoms with E-state index < -0.39 is 0 Å². The molecule has 0 saturated carbocycles. The molecular weight excluding hydrogens is 126 g/mol. The van der Waals surface area contributed by atoms with E-state index in [4.69, 9.17) is 11.5 Å². The van der Waals surface area contributed by atoms with Gasteiger partial charge in [0.2, 0.25) is 0 Å². The predicted molar refractivity (Wildman–Crippen MR) is 44.6 cm³/mol. The third-order valence-corrected chi connectivity index (χ3v) is 1.74. The van der Waals surface area contributed by atoms with E-state index in [1.54, 1.807) is 0 Å². The minimum Gasteiger partial charge on any atom is -0.330 e. The van der Waals surface area contributed by atoms with Gasteiger partial charge in [-0.05, 0) is 26.1 Å². The van der Waals surface area contributed by atoms with Crippen LogP contribution in [0.2, 0.25) is 0 Å². The van der Waals surface area contributed by atoms with Gasteiger partial charge >= 0.3 is 0 Å². The Morgan fingerprint density at radius 1 is 1.30 bits per heavy atom. The molecule has 0 aromatic carbocycles. The molecule has 0 bridgehead atoms. The minimum atomic E-state index is 0.153. The Morgan fingerprint density at radius 3 is 2.10 bits per heavy atom. The number of rotatable bonds is 5. The summed E-state index contributed by atoms with van der Waals surface area (Å²) in [5, 5.41) is 0. The second kappa shape index (κ2) is 5.65. The zero-order valence-corrected chi connectivity index (χ0v) is 7.01. The third kappa shape index (κ3) is 3.15. The summed E-state index contributed by atoms with van der Waals surface area (Å²) in [6.45, 7) is 6.92. The average molecular weight is 145 g/mol. The first-order valence-electron chi connectivity index (χ1n) is 3.95. The predicted octanol–water partition coefficient (Wildman–Crippen LogP) is -0.0382. The monoisotopic (exact) mass is 145 g/mol. The second-order valence-electron chi connectivity index (χ2n) is 2.37. The summed E-state index contributed by atoms with van der Waals surface area (Å²) in [6, 6.07) is 0. The van der Waals surface area contributed by atoms with Gasteiger partial charge in [-0.1, -0.05) is 13.8 Å². The highest BCUT2D eigenvalue weighted by molar-refractivity contribution is 4.62. The summed E-state index contributed by atoms with van der Waals surface area (Å²) >= 11 is 0. The summed E-state index contributed by atoms with van der Waals surface area (Å²) in [5.41, 5.74) is 11.2. The molecule has 62 valence electrons. The first-order valence-corrected chi connectivity index (χ1v) is 3.95. The van der Waals surface area contributed by atoms with E-state index in [2.05, 4.69) is 18.7 Å². The molecule has 0 fully saturated rings.